The zero-order valence-electron chi connectivity index (χ0n) is 18.3. The molecule has 1 aliphatic heterocycles. The van der Waals surface area contributed by atoms with E-state index in [0.717, 1.165) is 46.8 Å². The normalized spacial score (nSPS) is 19.8. The first-order valence-electron chi connectivity index (χ1n) is 11.4. The van der Waals surface area contributed by atoms with Crippen molar-refractivity contribution in [1.82, 2.24) is 0 Å². The molecule has 3 aromatic carbocycles. The molecule has 0 aromatic heterocycles. The van der Waals surface area contributed by atoms with Gasteiger partial charge in [0.25, 0.3) is 0 Å². The summed E-state index contributed by atoms with van der Waals surface area (Å²) < 4.78 is 5.76. The number of para-hydroxylation sites is 2. The minimum atomic E-state index is -0.203. The van der Waals surface area contributed by atoms with Crippen molar-refractivity contribution >= 4 is 17.2 Å². The molecule has 0 unspecified atom stereocenters. The van der Waals surface area contributed by atoms with Gasteiger partial charge < -0.3 is 15.4 Å². The minimum Gasteiger partial charge on any atom is -0.494 e. The van der Waals surface area contributed by atoms with Crippen molar-refractivity contribution in [3.05, 3.63) is 101 Å². The predicted molar refractivity (Wildman–Crippen MR) is 129 cm³/mol. The fourth-order valence-corrected chi connectivity index (χ4v) is 4.68. The summed E-state index contributed by atoms with van der Waals surface area (Å²) in [7, 11) is 0. The topological polar surface area (TPSA) is 50.4 Å². The van der Waals surface area contributed by atoms with Gasteiger partial charge in [-0.1, -0.05) is 61.5 Å². The number of nitrogens with one attached hydrogen (secondary N) is 2. The Morgan fingerprint density at radius 3 is 2.31 bits per heavy atom. The Kier molecular flexibility index (Phi) is 5.68. The molecule has 0 saturated heterocycles. The Morgan fingerprint density at radius 1 is 0.844 bits per heavy atom. The van der Waals surface area contributed by atoms with Crippen LogP contribution >= 0.6 is 0 Å². The van der Waals surface area contributed by atoms with Gasteiger partial charge in [0.1, 0.15) is 5.75 Å². The molecule has 32 heavy (non-hydrogen) atoms. The molecule has 2 atom stereocenters. The molecular formula is C28H28N2O2. The van der Waals surface area contributed by atoms with Crippen LogP contribution in [-0.4, -0.2) is 12.4 Å². The number of ketones is 1. The van der Waals surface area contributed by atoms with Gasteiger partial charge in [0.05, 0.1) is 24.0 Å². The van der Waals surface area contributed by atoms with E-state index in [1.165, 1.54) is 5.56 Å². The summed E-state index contributed by atoms with van der Waals surface area (Å²) >= 11 is 0. The molecule has 0 saturated carbocycles. The first kappa shape index (κ1) is 20.4. The highest BCUT2D eigenvalue weighted by molar-refractivity contribution is 6.01. The van der Waals surface area contributed by atoms with Gasteiger partial charge in [-0.3, -0.25) is 4.79 Å². The number of fused-ring (bicyclic) bond motifs is 1. The fraction of sp³-hybridized carbons (Fsp3) is 0.250. The van der Waals surface area contributed by atoms with Crippen molar-refractivity contribution in [2.45, 2.75) is 38.1 Å². The molecule has 0 radical (unpaired) electrons. The second-order valence-electron chi connectivity index (χ2n) is 8.50. The number of anilines is 2. The number of hydrogen-bond donors (Lipinski definition) is 2. The van der Waals surface area contributed by atoms with Crippen molar-refractivity contribution in [2.24, 2.45) is 0 Å². The lowest BCUT2D eigenvalue weighted by Gasteiger charge is -2.30. The lowest BCUT2D eigenvalue weighted by molar-refractivity contribution is -0.116. The van der Waals surface area contributed by atoms with Crippen LogP contribution in [-0.2, 0) is 4.79 Å². The third-order valence-electron chi connectivity index (χ3n) is 6.27. The molecule has 0 fully saturated rings. The Bertz CT molecular complexity index is 1140. The van der Waals surface area contributed by atoms with Gasteiger partial charge in [-0.05, 0) is 54.2 Å². The molecule has 1 aliphatic carbocycles. The van der Waals surface area contributed by atoms with Gasteiger partial charge in [0.15, 0.2) is 5.78 Å². The molecule has 2 N–H and O–H groups in total. The lowest BCUT2D eigenvalue weighted by atomic mass is 9.78. The number of Topliss-reactive ketones (excluding diaryl/α,β-unsaturated/α-hetero) is 1. The van der Waals surface area contributed by atoms with E-state index in [1.807, 2.05) is 42.5 Å². The van der Waals surface area contributed by atoms with Crippen molar-refractivity contribution in [3.8, 4) is 5.75 Å². The number of ether oxygens (including phenoxy) is 1. The zero-order valence-corrected chi connectivity index (χ0v) is 18.3. The molecule has 162 valence electrons. The van der Waals surface area contributed by atoms with Crippen LogP contribution in [0.3, 0.4) is 0 Å². The minimum absolute atomic E-state index is 0.186. The quantitative estimate of drug-likeness (QED) is 0.494. The summed E-state index contributed by atoms with van der Waals surface area (Å²) in [6.07, 6.45) is 2.31. The first-order chi connectivity index (χ1) is 15.7. The van der Waals surface area contributed by atoms with E-state index >= 15 is 0 Å². The summed E-state index contributed by atoms with van der Waals surface area (Å²) in [6, 6.07) is 26.5. The maximum Gasteiger partial charge on any atom is 0.163 e. The van der Waals surface area contributed by atoms with Crippen LogP contribution in [0.25, 0.3) is 0 Å². The van der Waals surface area contributed by atoms with E-state index in [0.29, 0.717) is 13.0 Å². The van der Waals surface area contributed by atoms with E-state index in [4.69, 9.17) is 4.74 Å². The van der Waals surface area contributed by atoms with Crippen LogP contribution in [0.1, 0.15) is 49.3 Å². The fourth-order valence-electron chi connectivity index (χ4n) is 4.68. The molecule has 2 aliphatic rings. The highest BCUT2D eigenvalue weighted by Gasteiger charge is 2.35. The number of benzene rings is 3. The Hall–Kier alpha value is -3.53. The smallest absolute Gasteiger partial charge is 0.163 e. The Balaban J connectivity index is 1.54. The summed E-state index contributed by atoms with van der Waals surface area (Å²) in [6.45, 7) is 2.80. The van der Waals surface area contributed by atoms with E-state index < -0.39 is 0 Å². The van der Waals surface area contributed by atoms with Crippen LogP contribution in [0.2, 0.25) is 0 Å². The number of carbonyl (C=O) groups is 1. The molecule has 5 rings (SSSR count). The van der Waals surface area contributed by atoms with Gasteiger partial charge in [0, 0.05) is 17.7 Å². The van der Waals surface area contributed by atoms with Crippen molar-refractivity contribution in [2.75, 3.05) is 17.2 Å². The molecule has 4 nitrogen and oxygen atoms in total. The highest BCUT2D eigenvalue weighted by atomic mass is 16.5. The van der Waals surface area contributed by atoms with E-state index in [9.17, 15) is 4.79 Å². The SMILES string of the molecule is CCCOc1ccc([C@H]2Nc3ccccc3NC3=C2C(=O)C[C@H](c2ccccc2)C3)cc1. The van der Waals surface area contributed by atoms with Gasteiger partial charge in [-0.25, -0.2) is 0 Å². The van der Waals surface area contributed by atoms with Crippen molar-refractivity contribution in [1.29, 1.82) is 0 Å². The second-order valence-corrected chi connectivity index (χ2v) is 8.50. The van der Waals surface area contributed by atoms with Crippen LogP contribution in [0, 0.1) is 0 Å². The lowest BCUT2D eigenvalue weighted by Crippen LogP contribution is -2.26. The van der Waals surface area contributed by atoms with Gasteiger partial charge in [0.2, 0.25) is 0 Å². The molecule has 0 amide bonds. The monoisotopic (exact) mass is 424 g/mol. The largest absolute Gasteiger partial charge is 0.494 e. The van der Waals surface area contributed by atoms with E-state index in [1.54, 1.807) is 0 Å². The molecule has 3 aromatic rings. The maximum atomic E-state index is 13.5. The van der Waals surface area contributed by atoms with Gasteiger partial charge in [-0.15, -0.1) is 0 Å². The molecule has 4 heteroatoms. The Morgan fingerprint density at radius 2 is 1.56 bits per heavy atom. The summed E-state index contributed by atoms with van der Waals surface area (Å²) in [5.41, 5.74) is 6.15. The first-order valence-corrected chi connectivity index (χ1v) is 11.4. The number of hydrogen-bond acceptors (Lipinski definition) is 4. The third kappa shape index (κ3) is 4.01. The number of allylic oxidation sites excluding steroid dienone is 1. The van der Waals surface area contributed by atoms with Crippen LogP contribution in [0.15, 0.2) is 90.1 Å². The Labute approximate surface area is 189 Å². The molecule has 1 heterocycles. The summed E-state index contributed by atoms with van der Waals surface area (Å²) in [4.78, 5) is 13.5. The van der Waals surface area contributed by atoms with Crippen LogP contribution in [0.4, 0.5) is 11.4 Å². The third-order valence-corrected chi connectivity index (χ3v) is 6.27. The predicted octanol–water partition coefficient (Wildman–Crippen LogP) is 6.45. The van der Waals surface area contributed by atoms with Crippen LogP contribution < -0.4 is 15.4 Å². The van der Waals surface area contributed by atoms with Crippen molar-refractivity contribution in [3.63, 3.8) is 0 Å². The van der Waals surface area contributed by atoms with Gasteiger partial charge >= 0.3 is 0 Å². The van der Waals surface area contributed by atoms with Crippen molar-refractivity contribution < 1.29 is 9.53 Å². The standard InChI is InChI=1S/C28H28N2O2/c1-2-16-32-22-14-12-20(13-15-22)28-27-25(29-23-10-6-7-11-24(23)30-28)17-21(18-26(27)31)19-8-4-3-5-9-19/h3-15,21,28-30H,2,16-18H2,1H3/t21-,28-/m1/s1. The zero-order chi connectivity index (χ0) is 21.9. The maximum absolute atomic E-state index is 13.5. The second kappa shape index (κ2) is 8.91. The van der Waals surface area contributed by atoms with Crippen LogP contribution in [0.5, 0.6) is 5.75 Å². The van der Waals surface area contributed by atoms with Gasteiger partial charge in [-0.2, -0.15) is 0 Å². The molecule has 0 spiro atoms. The number of carbonyl (C=O) groups excluding carboxylic acids is 1. The average Bonchev–Trinajstić information content (AvgIpc) is 3.00. The molecular weight excluding hydrogens is 396 g/mol. The van der Waals surface area contributed by atoms with E-state index in [2.05, 4.69) is 54.0 Å². The number of rotatable bonds is 5. The summed E-state index contributed by atoms with van der Waals surface area (Å²) in [5, 5.41) is 7.24. The highest BCUT2D eigenvalue weighted by Crippen LogP contribution is 2.44. The average molecular weight is 425 g/mol. The molecule has 0 bridgehead atoms. The summed E-state index contributed by atoms with van der Waals surface area (Å²) in [5.74, 6) is 1.24. The van der Waals surface area contributed by atoms with E-state index in [-0.39, 0.29) is 17.7 Å².